The number of Topliss-reactive ketones (excluding diaryl/α,β-unsaturated/α-hetero) is 1. The second-order valence-corrected chi connectivity index (χ2v) is 6.49. The highest BCUT2D eigenvalue weighted by atomic mass is 35.5. The van der Waals surface area contributed by atoms with Gasteiger partial charge < -0.3 is 4.90 Å². The van der Waals surface area contributed by atoms with Crippen molar-refractivity contribution in [3.63, 3.8) is 0 Å². The van der Waals surface area contributed by atoms with Crippen LogP contribution in [0.3, 0.4) is 0 Å². The van der Waals surface area contributed by atoms with Crippen LogP contribution in [0.1, 0.15) is 21.7 Å². The Hall–Kier alpha value is -1.72. The number of ketones is 1. The van der Waals surface area contributed by atoms with Gasteiger partial charge in [0.2, 0.25) is 5.91 Å². The van der Waals surface area contributed by atoms with Gasteiger partial charge in [0, 0.05) is 6.42 Å². The number of carbonyl (C=O) groups is 2. The number of rotatable bonds is 3. The number of anilines is 1. The van der Waals surface area contributed by atoms with Crippen LogP contribution in [0.2, 0.25) is 4.34 Å². The first kappa shape index (κ1) is 14.2. The van der Waals surface area contributed by atoms with Crippen molar-refractivity contribution in [2.75, 3.05) is 11.4 Å². The number of carbonyl (C=O) groups excluding carboxylic acids is 2. The molecule has 1 aromatic heterocycles. The van der Waals surface area contributed by atoms with Crippen LogP contribution >= 0.6 is 22.9 Å². The van der Waals surface area contributed by atoms with E-state index >= 15 is 0 Å². The van der Waals surface area contributed by atoms with Gasteiger partial charge in [0.25, 0.3) is 0 Å². The summed E-state index contributed by atoms with van der Waals surface area (Å²) < 4.78 is 13.9. The van der Waals surface area contributed by atoms with Crippen LogP contribution in [0.15, 0.2) is 30.3 Å². The number of fused-ring (bicyclic) bond motifs is 1. The molecule has 0 N–H and O–H groups in total. The lowest BCUT2D eigenvalue weighted by atomic mass is 10.0. The third kappa shape index (κ3) is 2.84. The molecule has 6 heteroatoms. The molecule has 108 valence electrons. The maximum atomic E-state index is 13.4. The predicted octanol–water partition coefficient (Wildman–Crippen LogP) is 3.70. The maximum Gasteiger partial charge on any atom is 0.227 e. The first-order chi connectivity index (χ1) is 10.0. The molecule has 0 atom stereocenters. The lowest BCUT2D eigenvalue weighted by Crippen LogP contribution is -2.39. The van der Waals surface area contributed by atoms with E-state index in [9.17, 15) is 14.0 Å². The van der Waals surface area contributed by atoms with Gasteiger partial charge in [-0.1, -0.05) is 17.7 Å². The fourth-order valence-electron chi connectivity index (χ4n) is 2.37. The Morgan fingerprint density at radius 2 is 2.10 bits per heavy atom. The molecule has 3 nitrogen and oxygen atoms in total. The topological polar surface area (TPSA) is 37.4 Å². The number of nitrogens with zero attached hydrogens (tertiary/aromatic N) is 1. The predicted molar refractivity (Wildman–Crippen MR) is 80.7 cm³/mol. The van der Waals surface area contributed by atoms with E-state index in [2.05, 4.69) is 0 Å². The van der Waals surface area contributed by atoms with Gasteiger partial charge in [-0.05, 0) is 36.2 Å². The molecular formula is C15H11ClFNO2S. The van der Waals surface area contributed by atoms with Gasteiger partial charge >= 0.3 is 0 Å². The first-order valence-corrected chi connectivity index (χ1v) is 7.61. The summed E-state index contributed by atoms with van der Waals surface area (Å²) in [6.45, 7) is -0.0911. The van der Waals surface area contributed by atoms with Crippen LogP contribution in [-0.4, -0.2) is 18.2 Å². The van der Waals surface area contributed by atoms with Gasteiger partial charge in [0.15, 0.2) is 5.78 Å². The summed E-state index contributed by atoms with van der Waals surface area (Å²) in [4.78, 5) is 26.2. The number of aryl methyl sites for hydroxylation is 1. The third-order valence-electron chi connectivity index (χ3n) is 3.40. The standard InChI is InChI=1S/C15H11ClFNO2S/c16-14-5-4-13(21-14)12(19)8-18-11-7-10(17)3-1-9(11)2-6-15(18)20/h1,3-5,7H,2,6,8H2. The highest BCUT2D eigenvalue weighted by Crippen LogP contribution is 2.29. The van der Waals surface area contributed by atoms with Crippen LogP contribution in [0.4, 0.5) is 10.1 Å². The van der Waals surface area contributed by atoms with Crippen molar-refractivity contribution in [2.24, 2.45) is 0 Å². The van der Waals surface area contributed by atoms with E-state index in [0.29, 0.717) is 27.7 Å². The minimum absolute atomic E-state index is 0.0911. The molecule has 0 fully saturated rings. The molecule has 3 rings (SSSR count). The van der Waals surface area contributed by atoms with Crippen LogP contribution in [0, 0.1) is 5.82 Å². The van der Waals surface area contributed by atoms with Gasteiger partial charge in [-0.3, -0.25) is 9.59 Å². The Morgan fingerprint density at radius 3 is 2.81 bits per heavy atom. The quantitative estimate of drug-likeness (QED) is 0.808. The van der Waals surface area contributed by atoms with Gasteiger partial charge in [-0.2, -0.15) is 0 Å². The summed E-state index contributed by atoms with van der Waals surface area (Å²) in [6, 6.07) is 7.62. The number of halogens is 2. The highest BCUT2D eigenvalue weighted by molar-refractivity contribution is 7.18. The molecule has 0 aliphatic carbocycles. The van der Waals surface area contributed by atoms with Crippen molar-refractivity contribution in [2.45, 2.75) is 12.8 Å². The third-order valence-corrected chi connectivity index (χ3v) is 4.67. The van der Waals surface area contributed by atoms with Crippen molar-refractivity contribution in [3.8, 4) is 0 Å². The van der Waals surface area contributed by atoms with Crippen molar-refractivity contribution in [1.82, 2.24) is 0 Å². The van der Waals surface area contributed by atoms with Crippen LogP contribution in [-0.2, 0) is 11.2 Å². The molecule has 21 heavy (non-hydrogen) atoms. The molecule has 1 aliphatic rings. The van der Waals surface area contributed by atoms with Crippen molar-refractivity contribution in [3.05, 3.63) is 50.9 Å². The average Bonchev–Trinajstić information content (AvgIpc) is 2.89. The van der Waals surface area contributed by atoms with Gasteiger partial charge in [0.05, 0.1) is 21.4 Å². The largest absolute Gasteiger partial charge is 0.304 e. The minimum Gasteiger partial charge on any atom is -0.304 e. The number of benzene rings is 1. The second-order valence-electron chi connectivity index (χ2n) is 4.78. The summed E-state index contributed by atoms with van der Waals surface area (Å²) in [6.07, 6.45) is 0.904. The molecule has 0 unspecified atom stereocenters. The van der Waals surface area contributed by atoms with E-state index in [4.69, 9.17) is 11.6 Å². The van der Waals surface area contributed by atoms with Gasteiger partial charge in [-0.15, -0.1) is 11.3 Å². The Kier molecular flexibility index (Phi) is 3.78. The number of hydrogen-bond acceptors (Lipinski definition) is 3. The molecule has 0 bridgehead atoms. The van der Waals surface area contributed by atoms with E-state index in [-0.39, 0.29) is 18.2 Å². The van der Waals surface area contributed by atoms with E-state index in [1.807, 2.05) is 0 Å². The monoisotopic (exact) mass is 323 g/mol. The summed E-state index contributed by atoms with van der Waals surface area (Å²) >= 11 is 6.99. The summed E-state index contributed by atoms with van der Waals surface area (Å²) in [5, 5.41) is 0. The molecule has 2 aromatic rings. The minimum atomic E-state index is -0.417. The van der Waals surface area contributed by atoms with Crippen LogP contribution in [0.5, 0.6) is 0 Å². The average molecular weight is 324 g/mol. The summed E-state index contributed by atoms with van der Waals surface area (Å²) in [5.74, 6) is -0.776. The molecule has 2 heterocycles. The summed E-state index contributed by atoms with van der Waals surface area (Å²) in [7, 11) is 0. The zero-order valence-electron chi connectivity index (χ0n) is 10.9. The van der Waals surface area contributed by atoms with Crippen molar-refractivity contribution < 1.29 is 14.0 Å². The van der Waals surface area contributed by atoms with E-state index < -0.39 is 5.82 Å². The van der Waals surface area contributed by atoms with E-state index in [1.54, 1.807) is 18.2 Å². The van der Waals surface area contributed by atoms with Crippen molar-refractivity contribution >= 4 is 40.3 Å². The fraction of sp³-hybridized carbons (Fsp3) is 0.200. The lowest BCUT2D eigenvalue weighted by molar-refractivity contribution is -0.118. The van der Waals surface area contributed by atoms with Gasteiger partial charge in [0.1, 0.15) is 5.82 Å². The molecule has 0 spiro atoms. The highest BCUT2D eigenvalue weighted by Gasteiger charge is 2.27. The van der Waals surface area contributed by atoms with Crippen LogP contribution < -0.4 is 4.90 Å². The first-order valence-electron chi connectivity index (χ1n) is 6.42. The summed E-state index contributed by atoms with van der Waals surface area (Å²) in [5.41, 5.74) is 1.37. The van der Waals surface area contributed by atoms with Crippen molar-refractivity contribution in [1.29, 1.82) is 0 Å². The van der Waals surface area contributed by atoms with Crippen LogP contribution in [0.25, 0.3) is 0 Å². The SMILES string of the molecule is O=C(CN1C(=O)CCc2ccc(F)cc21)c1ccc(Cl)s1. The molecule has 1 aliphatic heterocycles. The molecule has 1 aromatic carbocycles. The number of amides is 1. The normalized spacial score (nSPS) is 14.2. The maximum absolute atomic E-state index is 13.4. The zero-order chi connectivity index (χ0) is 15.0. The fourth-order valence-corrected chi connectivity index (χ4v) is 3.34. The Bertz CT molecular complexity index is 728. The second kappa shape index (κ2) is 5.58. The Morgan fingerprint density at radius 1 is 1.29 bits per heavy atom. The molecule has 0 saturated carbocycles. The number of hydrogen-bond donors (Lipinski definition) is 0. The van der Waals surface area contributed by atoms with E-state index in [1.165, 1.54) is 28.4 Å². The number of thiophene rings is 1. The zero-order valence-corrected chi connectivity index (χ0v) is 12.5. The molecular weight excluding hydrogens is 313 g/mol. The molecule has 0 saturated heterocycles. The lowest BCUT2D eigenvalue weighted by Gasteiger charge is -2.28. The Balaban J connectivity index is 1.90. The molecule has 0 radical (unpaired) electrons. The van der Waals surface area contributed by atoms with E-state index in [0.717, 1.165) is 5.56 Å². The Labute approximate surface area is 129 Å². The van der Waals surface area contributed by atoms with Gasteiger partial charge in [-0.25, -0.2) is 4.39 Å². The smallest absolute Gasteiger partial charge is 0.227 e. The molecule has 1 amide bonds.